The highest BCUT2D eigenvalue weighted by molar-refractivity contribution is 9.10. The molecule has 1 aromatic rings. The molecule has 16 heavy (non-hydrogen) atoms. The van der Waals surface area contributed by atoms with Crippen LogP contribution in [0.1, 0.15) is 27.9 Å². The van der Waals surface area contributed by atoms with E-state index in [-0.39, 0.29) is 17.0 Å². The maximum Gasteiger partial charge on any atom is 0.357 e. The fraction of sp³-hybridized carbons (Fsp3) is 0.222. The Morgan fingerprint density at radius 1 is 1.44 bits per heavy atom. The van der Waals surface area contributed by atoms with E-state index in [0.717, 1.165) is 0 Å². The second-order valence-corrected chi connectivity index (χ2v) is 3.41. The van der Waals surface area contributed by atoms with E-state index in [4.69, 9.17) is 10.2 Å². The summed E-state index contributed by atoms with van der Waals surface area (Å²) in [6.07, 6.45) is 0. The zero-order valence-corrected chi connectivity index (χ0v) is 9.78. The van der Waals surface area contributed by atoms with Gasteiger partial charge in [0.25, 0.3) is 0 Å². The van der Waals surface area contributed by atoms with Crippen LogP contribution < -0.4 is 0 Å². The van der Waals surface area contributed by atoms with Crippen molar-refractivity contribution in [2.75, 3.05) is 0 Å². The van der Waals surface area contributed by atoms with Crippen LogP contribution in [-0.2, 0) is 6.54 Å². The molecule has 0 aliphatic rings. The third-order valence-corrected chi connectivity index (χ3v) is 2.35. The van der Waals surface area contributed by atoms with Gasteiger partial charge in [0.1, 0.15) is 0 Å². The summed E-state index contributed by atoms with van der Waals surface area (Å²) in [4.78, 5) is 25.3. The molecule has 1 aromatic heterocycles. The highest BCUT2D eigenvalue weighted by Gasteiger charge is 2.25. The average molecular weight is 287 g/mol. The van der Waals surface area contributed by atoms with Crippen LogP contribution in [0.5, 0.6) is 0 Å². The Morgan fingerprint density at radius 2 is 2.06 bits per heavy atom. The van der Waals surface area contributed by atoms with E-state index in [2.05, 4.69) is 32.8 Å². The first-order valence-corrected chi connectivity index (χ1v) is 4.90. The average Bonchev–Trinajstić information content (AvgIpc) is 2.52. The Kier molecular flexibility index (Phi) is 3.68. The van der Waals surface area contributed by atoms with Crippen molar-refractivity contribution in [2.45, 2.75) is 13.5 Å². The molecule has 0 aliphatic carbocycles. The number of imidazole rings is 1. The van der Waals surface area contributed by atoms with Crippen molar-refractivity contribution in [3.05, 3.63) is 16.1 Å². The fourth-order valence-electron chi connectivity index (χ4n) is 1.09. The molecular formula is C9H7BrN2O4. The van der Waals surface area contributed by atoms with Crippen molar-refractivity contribution >= 4 is 27.9 Å². The minimum Gasteiger partial charge on any atom is -0.476 e. The predicted octanol–water partition coefficient (Wildman–Crippen LogP) is 1.07. The molecule has 6 nitrogen and oxygen atoms in total. The number of carbonyl (C=O) groups is 2. The Bertz CT molecular complexity index is 510. The highest BCUT2D eigenvalue weighted by atomic mass is 79.9. The summed E-state index contributed by atoms with van der Waals surface area (Å²) in [6, 6.07) is 0. The molecule has 2 N–H and O–H groups in total. The minimum absolute atomic E-state index is 0.0684. The quantitative estimate of drug-likeness (QED) is 0.811. The number of halogens is 1. The molecule has 0 spiro atoms. The van der Waals surface area contributed by atoms with E-state index in [1.54, 1.807) is 6.92 Å². The standard InChI is InChI=1S/C9H7BrN2O4/c1-2-3-4-12-6(8(15)16)5(7(13)14)11-9(12)10/h4H2,1H3,(H,13,14)(H,15,16). The summed E-state index contributed by atoms with van der Waals surface area (Å²) >= 11 is 2.99. The second-order valence-electron chi connectivity index (χ2n) is 2.70. The number of hydrogen-bond acceptors (Lipinski definition) is 3. The van der Waals surface area contributed by atoms with Gasteiger partial charge in [0.15, 0.2) is 16.1 Å². The summed E-state index contributed by atoms with van der Waals surface area (Å²) in [6.45, 7) is 1.67. The zero-order valence-electron chi connectivity index (χ0n) is 8.19. The van der Waals surface area contributed by atoms with Crippen LogP contribution in [0.2, 0.25) is 0 Å². The van der Waals surface area contributed by atoms with E-state index >= 15 is 0 Å². The third kappa shape index (κ3) is 2.23. The summed E-state index contributed by atoms with van der Waals surface area (Å²) in [5.41, 5.74) is -0.889. The van der Waals surface area contributed by atoms with Gasteiger partial charge in [-0.1, -0.05) is 5.92 Å². The van der Waals surface area contributed by atoms with Crippen molar-refractivity contribution in [1.82, 2.24) is 9.55 Å². The molecule has 0 saturated carbocycles. The van der Waals surface area contributed by atoms with E-state index in [0.29, 0.717) is 0 Å². The second kappa shape index (κ2) is 4.81. The maximum absolute atomic E-state index is 10.9. The van der Waals surface area contributed by atoms with Gasteiger partial charge < -0.3 is 14.8 Å². The molecule has 1 rings (SSSR count). The lowest BCUT2D eigenvalue weighted by molar-refractivity contribution is 0.0641. The first kappa shape index (κ1) is 12.3. The van der Waals surface area contributed by atoms with E-state index < -0.39 is 17.6 Å². The monoisotopic (exact) mass is 286 g/mol. The van der Waals surface area contributed by atoms with Crippen LogP contribution in [0, 0.1) is 11.8 Å². The van der Waals surface area contributed by atoms with Gasteiger partial charge in [0.2, 0.25) is 0 Å². The molecule has 0 fully saturated rings. The van der Waals surface area contributed by atoms with Crippen LogP contribution in [0.4, 0.5) is 0 Å². The van der Waals surface area contributed by atoms with Crippen LogP contribution in [0.25, 0.3) is 0 Å². The van der Waals surface area contributed by atoms with E-state index in [9.17, 15) is 9.59 Å². The SMILES string of the molecule is CC#CCn1c(Br)nc(C(=O)O)c1C(=O)O. The van der Waals surface area contributed by atoms with Gasteiger partial charge in [0, 0.05) is 0 Å². The largest absolute Gasteiger partial charge is 0.476 e. The number of carboxylic acids is 2. The molecule has 0 unspecified atom stereocenters. The van der Waals surface area contributed by atoms with Crippen LogP contribution in [0.15, 0.2) is 4.73 Å². The molecule has 1 heterocycles. The Balaban J connectivity index is 3.39. The molecular weight excluding hydrogens is 280 g/mol. The topological polar surface area (TPSA) is 92.4 Å². The normalized spacial score (nSPS) is 9.38. The van der Waals surface area contributed by atoms with Gasteiger partial charge in [-0.2, -0.15) is 0 Å². The van der Waals surface area contributed by atoms with Gasteiger partial charge in [-0.05, 0) is 22.9 Å². The van der Waals surface area contributed by atoms with Crippen LogP contribution in [0.3, 0.4) is 0 Å². The molecule has 0 amide bonds. The first-order chi connectivity index (χ1) is 7.49. The summed E-state index contributed by atoms with van der Waals surface area (Å²) in [5, 5.41) is 17.7. The lowest BCUT2D eigenvalue weighted by Crippen LogP contribution is -2.13. The number of hydrogen-bond donors (Lipinski definition) is 2. The molecule has 0 aliphatic heterocycles. The Morgan fingerprint density at radius 3 is 2.50 bits per heavy atom. The number of aromatic carboxylic acids is 2. The molecule has 0 aromatic carbocycles. The van der Waals surface area contributed by atoms with Crippen molar-refractivity contribution < 1.29 is 19.8 Å². The number of carboxylic acid groups (broad SMARTS) is 2. The third-order valence-electron chi connectivity index (χ3n) is 1.74. The molecule has 0 bridgehead atoms. The zero-order chi connectivity index (χ0) is 12.3. The molecule has 7 heteroatoms. The van der Waals surface area contributed by atoms with E-state index in [1.165, 1.54) is 4.57 Å². The lowest BCUT2D eigenvalue weighted by Gasteiger charge is -2.01. The van der Waals surface area contributed by atoms with E-state index in [1.807, 2.05) is 0 Å². The minimum atomic E-state index is -1.39. The number of nitrogens with zero attached hydrogens (tertiary/aromatic N) is 2. The van der Waals surface area contributed by atoms with Gasteiger partial charge in [-0.3, -0.25) is 0 Å². The predicted molar refractivity (Wildman–Crippen MR) is 57.3 cm³/mol. The van der Waals surface area contributed by atoms with Crippen molar-refractivity contribution in [3.8, 4) is 11.8 Å². The van der Waals surface area contributed by atoms with Crippen LogP contribution >= 0.6 is 15.9 Å². The maximum atomic E-state index is 10.9. The van der Waals surface area contributed by atoms with Gasteiger partial charge >= 0.3 is 11.9 Å². The smallest absolute Gasteiger partial charge is 0.357 e. The van der Waals surface area contributed by atoms with Gasteiger partial charge in [-0.25, -0.2) is 14.6 Å². The lowest BCUT2D eigenvalue weighted by atomic mass is 10.3. The number of aromatic nitrogens is 2. The van der Waals surface area contributed by atoms with Gasteiger partial charge in [0.05, 0.1) is 6.54 Å². The van der Waals surface area contributed by atoms with Gasteiger partial charge in [-0.15, -0.1) is 5.92 Å². The highest BCUT2D eigenvalue weighted by Crippen LogP contribution is 2.17. The Hall–Kier alpha value is -1.81. The summed E-state index contributed by atoms with van der Waals surface area (Å²) < 4.78 is 1.31. The molecule has 0 atom stereocenters. The summed E-state index contributed by atoms with van der Waals surface area (Å²) in [5.74, 6) is 2.49. The molecule has 0 radical (unpaired) electrons. The van der Waals surface area contributed by atoms with Crippen molar-refractivity contribution in [2.24, 2.45) is 0 Å². The van der Waals surface area contributed by atoms with Crippen molar-refractivity contribution in [1.29, 1.82) is 0 Å². The van der Waals surface area contributed by atoms with Crippen molar-refractivity contribution in [3.63, 3.8) is 0 Å². The summed E-state index contributed by atoms with van der Waals surface area (Å²) in [7, 11) is 0. The van der Waals surface area contributed by atoms with Crippen LogP contribution in [-0.4, -0.2) is 31.7 Å². The molecule has 84 valence electrons. The number of rotatable bonds is 3. The first-order valence-electron chi connectivity index (χ1n) is 4.11. The Labute approximate surface area is 99.0 Å². The fourth-order valence-corrected chi connectivity index (χ4v) is 1.57. The molecule has 0 saturated heterocycles.